The van der Waals surface area contributed by atoms with E-state index in [1.165, 1.54) is 19.2 Å². The van der Waals surface area contributed by atoms with Crippen LogP contribution in [-0.4, -0.2) is 32.7 Å². The van der Waals surface area contributed by atoms with Gasteiger partial charge in [-0.05, 0) is 43.9 Å². The lowest BCUT2D eigenvalue weighted by Crippen LogP contribution is -2.39. The fourth-order valence-electron chi connectivity index (χ4n) is 3.21. The fourth-order valence-corrected chi connectivity index (χ4v) is 4.69. The number of pyridine rings is 1. The van der Waals surface area contributed by atoms with Crippen molar-refractivity contribution >= 4 is 10.0 Å². The molecule has 158 valence electrons. The molecule has 0 unspecified atom stereocenters. The van der Waals surface area contributed by atoms with Crippen LogP contribution in [-0.2, 0) is 16.2 Å². The minimum Gasteiger partial charge on any atom is -0.495 e. The van der Waals surface area contributed by atoms with Crippen LogP contribution in [0.3, 0.4) is 0 Å². The number of para-hydroxylation sites is 1. The molecule has 0 aliphatic heterocycles. The number of alkyl halides is 3. The van der Waals surface area contributed by atoms with Crippen LogP contribution < -0.4 is 14.2 Å². The Labute approximate surface area is 167 Å². The van der Waals surface area contributed by atoms with E-state index in [4.69, 9.17) is 9.47 Å². The highest BCUT2D eigenvalue weighted by molar-refractivity contribution is 7.89. The Balaban J connectivity index is 1.55. The quantitative estimate of drug-likeness (QED) is 0.755. The Morgan fingerprint density at radius 3 is 2.34 bits per heavy atom. The number of hydrogen-bond donors (Lipinski definition) is 1. The van der Waals surface area contributed by atoms with Gasteiger partial charge in [0.1, 0.15) is 16.7 Å². The van der Waals surface area contributed by atoms with Gasteiger partial charge in [-0.25, -0.2) is 18.1 Å². The largest absolute Gasteiger partial charge is 0.495 e. The Morgan fingerprint density at radius 1 is 1.07 bits per heavy atom. The normalized spacial score (nSPS) is 20.3. The highest BCUT2D eigenvalue weighted by Gasteiger charge is 2.31. The van der Waals surface area contributed by atoms with Crippen molar-refractivity contribution in [1.82, 2.24) is 9.71 Å². The van der Waals surface area contributed by atoms with Crippen molar-refractivity contribution in [2.45, 2.75) is 48.9 Å². The van der Waals surface area contributed by atoms with Crippen molar-refractivity contribution in [3.05, 3.63) is 48.2 Å². The van der Waals surface area contributed by atoms with Crippen molar-refractivity contribution in [2.24, 2.45) is 0 Å². The average molecular weight is 430 g/mol. The van der Waals surface area contributed by atoms with Gasteiger partial charge >= 0.3 is 6.18 Å². The molecule has 1 aromatic heterocycles. The van der Waals surface area contributed by atoms with Gasteiger partial charge in [0.05, 0.1) is 12.7 Å². The van der Waals surface area contributed by atoms with Gasteiger partial charge in [-0.3, -0.25) is 0 Å². The highest BCUT2D eigenvalue weighted by Crippen LogP contribution is 2.30. The molecule has 1 fully saturated rings. The maximum atomic E-state index is 12.6. The fraction of sp³-hybridized carbons (Fsp3) is 0.421. The maximum Gasteiger partial charge on any atom is 0.417 e. The third-order valence-corrected chi connectivity index (χ3v) is 6.27. The van der Waals surface area contributed by atoms with Gasteiger partial charge in [0.2, 0.25) is 15.9 Å². The molecule has 0 spiro atoms. The monoisotopic (exact) mass is 430 g/mol. The molecule has 3 rings (SSSR count). The summed E-state index contributed by atoms with van der Waals surface area (Å²) < 4.78 is 76.5. The number of halogens is 3. The molecule has 1 aliphatic carbocycles. The lowest BCUT2D eigenvalue weighted by Gasteiger charge is -2.29. The summed E-state index contributed by atoms with van der Waals surface area (Å²) in [5.41, 5.74) is -0.834. The van der Waals surface area contributed by atoms with Crippen LogP contribution in [0.2, 0.25) is 0 Å². The minimum atomic E-state index is -4.44. The van der Waals surface area contributed by atoms with Gasteiger partial charge in [-0.15, -0.1) is 0 Å². The number of benzene rings is 1. The predicted molar refractivity (Wildman–Crippen MR) is 99.2 cm³/mol. The number of nitrogens with zero attached hydrogens (tertiary/aromatic N) is 1. The zero-order chi connectivity index (χ0) is 21.1. The number of ether oxygens (including phenoxy) is 2. The molecule has 0 atom stereocenters. The molecule has 0 radical (unpaired) electrons. The summed E-state index contributed by atoms with van der Waals surface area (Å²) in [6.07, 6.45) is -1.74. The molecule has 6 nitrogen and oxygen atoms in total. The Bertz CT molecular complexity index is 925. The number of methoxy groups -OCH3 is 1. The zero-order valence-electron chi connectivity index (χ0n) is 15.6. The molecule has 10 heteroatoms. The molecule has 2 aromatic rings. The van der Waals surface area contributed by atoms with Gasteiger partial charge in [-0.1, -0.05) is 12.1 Å². The van der Waals surface area contributed by atoms with Crippen LogP contribution >= 0.6 is 0 Å². The summed E-state index contributed by atoms with van der Waals surface area (Å²) >= 11 is 0. The average Bonchev–Trinajstić information content (AvgIpc) is 2.69. The van der Waals surface area contributed by atoms with Crippen LogP contribution in [0.5, 0.6) is 11.6 Å². The van der Waals surface area contributed by atoms with Gasteiger partial charge in [0.15, 0.2) is 0 Å². The van der Waals surface area contributed by atoms with Crippen molar-refractivity contribution in [3.8, 4) is 11.6 Å². The van der Waals surface area contributed by atoms with E-state index >= 15 is 0 Å². The third-order valence-electron chi connectivity index (χ3n) is 4.71. The minimum absolute atomic E-state index is 0.0785. The van der Waals surface area contributed by atoms with E-state index < -0.39 is 21.8 Å². The van der Waals surface area contributed by atoms with Crippen molar-refractivity contribution in [1.29, 1.82) is 0 Å². The van der Waals surface area contributed by atoms with Gasteiger partial charge < -0.3 is 9.47 Å². The number of aromatic nitrogens is 1. The molecular formula is C19H21F3N2O4S. The molecule has 1 saturated carbocycles. The lowest BCUT2D eigenvalue weighted by molar-refractivity contribution is -0.137. The lowest BCUT2D eigenvalue weighted by atomic mass is 9.94. The molecule has 1 aromatic carbocycles. The topological polar surface area (TPSA) is 77.5 Å². The second-order valence-electron chi connectivity index (χ2n) is 6.75. The Hall–Kier alpha value is -2.33. The van der Waals surface area contributed by atoms with E-state index in [2.05, 4.69) is 9.71 Å². The van der Waals surface area contributed by atoms with E-state index in [9.17, 15) is 21.6 Å². The van der Waals surface area contributed by atoms with Crippen LogP contribution in [0, 0.1) is 0 Å². The summed E-state index contributed by atoms with van der Waals surface area (Å²) in [4.78, 5) is 3.79. The first kappa shape index (κ1) is 21.4. The smallest absolute Gasteiger partial charge is 0.417 e. The third kappa shape index (κ3) is 5.39. The molecule has 1 aliphatic rings. The number of rotatable bonds is 6. The highest BCUT2D eigenvalue weighted by atomic mass is 32.2. The van der Waals surface area contributed by atoms with Crippen molar-refractivity contribution in [3.63, 3.8) is 0 Å². The second-order valence-corrected chi connectivity index (χ2v) is 8.43. The summed E-state index contributed by atoms with van der Waals surface area (Å²) in [6, 6.07) is 8.23. The molecule has 1 heterocycles. The van der Waals surface area contributed by atoms with E-state index in [0.717, 1.165) is 12.3 Å². The molecule has 0 bridgehead atoms. The first-order chi connectivity index (χ1) is 13.7. The SMILES string of the molecule is COc1ccccc1S(=O)(=O)NC1CCC(Oc2ccc(C(F)(F)F)cn2)CC1. The second kappa shape index (κ2) is 8.58. The first-order valence-electron chi connectivity index (χ1n) is 9.04. The number of sulfonamides is 1. The van der Waals surface area contributed by atoms with Gasteiger partial charge in [-0.2, -0.15) is 13.2 Å². The van der Waals surface area contributed by atoms with Crippen LogP contribution in [0.25, 0.3) is 0 Å². The zero-order valence-corrected chi connectivity index (χ0v) is 16.5. The van der Waals surface area contributed by atoms with Crippen molar-refractivity contribution < 1.29 is 31.1 Å². The van der Waals surface area contributed by atoms with E-state index in [1.807, 2.05) is 0 Å². The summed E-state index contributed by atoms with van der Waals surface area (Å²) in [5, 5.41) is 0. The first-order valence-corrected chi connectivity index (χ1v) is 10.5. The molecular weight excluding hydrogens is 409 g/mol. The van der Waals surface area contributed by atoms with Gasteiger partial charge in [0, 0.05) is 18.3 Å². The molecule has 29 heavy (non-hydrogen) atoms. The van der Waals surface area contributed by atoms with Crippen LogP contribution in [0.15, 0.2) is 47.5 Å². The Kier molecular flexibility index (Phi) is 6.33. The molecule has 0 amide bonds. The number of nitrogens with one attached hydrogen (secondary N) is 1. The Morgan fingerprint density at radius 2 is 1.76 bits per heavy atom. The number of hydrogen-bond acceptors (Lipinski definition) is 5. The summed E-state index contributed by atoms with van der Waals surface area (Å²) in [5.74, 6) is 0.390. The van der Waals surface area contributed by atoms with Crippen LogP contribution in [0.4, 0.5) is 13.2 Å². The van der Waals surface area contributed by atoms with E-state index in [0.29, 0.717) is 25.7 Å². The molecule has 1 N–H and O–H groups in total. The summed E-state index contributed by atoms with van der Waals surface area (Å²) in [7, 11) is -2.32. The van der Waals surface area contributed by atoms with Crippen LogP contribution in [0.1, 0.15) is 31.2 Å². The van der Waals surface area contributed by atoms with E-state index in [1.54, 1.807) is 18.2 Å². The van der Waals surface area contributed by atoms with Gasteiger partial charge in [0.25, 0.3) is 0 Å². The molecule has 0 saturated heterocycles. The predicted octanol–water partition coefficient (Wildman–Crippen LogP) is 3.78. The summed E-state index contributed by atoms with van der Waals surface area (Å²) in [6.45, 7) is 0. The maximum absolute atomic E-state index is 12.6. The van der Waals surface area contributed by atoms with E-state index in [-0.39, 0.29) is 28.7 Å². The standard InChI is InChI=1S/C19H21F3N2O4S/c1-27-16-4-2-3-5-17(16)29(25,26)24-14-7-9-15(10-8-14)28-18-11-6-13(12-23-18)19(20,21)22/h2-6,11-12,14-15,24H,7-10H2,1H3. The van der Waals surface area contributed by atoms with Crippen molar-refractivity contribution in [2.75, 3.05) is 7.11 Å².